The first-order valence-corrected chi connectivity index (χ1v) is 7.01. The fraction of sp³-hybridized carbons (Fsp3) is 0.643. The molecule has 1 fully saturated rings. The van der Waals surface area contributed by atoms with Crippen LogP contribution in [0.2, 0.25) is 0 Å². The van der Waals surface area contributed by atoms with E-state index in [-0.39, 0.29) is 6.04 Å². The zero-order valence-electron chi connectivity index (χ0n) is 12.9. The third-order valence-electron chi connectivity index (χ3n) is 4.05. The van der Waals surface area contributed by atoms with Crippen molar-refractivity contribution in [3.63, 3.8) is 0 Å². The van der Waals surface area contributed by atoms with Gasteiger partial charge in [0.05, 0.1) is 6.04 Å². The number of pyridine rings is 1. The van der Waals surface area contributed by atoms with Crippen molar-refractivity contribution in [2.45, 2.75) is 12.1 Å². The molecule has 1 aliphatic heterocycles. The smallest absolute Gasteiger partial charge is 0.127 e. The van der Waals surface area contributed by atoms with Gasteiger partial charge in [0.1, 0.15) is 5.82 Å². The van der Waals surface area contributed by atoms with Gasteiger partial charge >= 0.3 is 0 Å². The normalized spacial score (nSPS) is 22.8. The molecule has 1 aromatic rings. The van der Waals surface area contributed by atoms with Crippen LogP contribution in [-0.2, 0) is 0 Å². The van der Waals surface area contributed by atoms with E-state index in [0.29, 0.717) is 6.04 Å². The van der Waals surface area contributed by atoms with Gasteiger partial charge in [-0.2, -0.15) is 0 Å². The lowest BCUT2D eigenvalue weighted by Crippen LogP contribution is -2.56. The highest BCUT2D eigenvalue weighted by Gasteiger charge is 2.30. The van der Waals surface area contributed by atoms with Crippen molar-refractivity contribution in [3.05, 3.63) is 23.9 Å². The van der Waals surface area contributed by atoms with Gasteiger partial charge in [0.15, 0.2) is 0 Å². The molecular formula is C14H26N6. The molecular weight excluding hydrogens is 252 g/mol. The first-order chi connectivity index (χ1) is 9.52. The molecule has 0 bridgehead atoms. The van der Waals surface area contributed by atoms with Crippen LogP contribution in [0.1, 0.15) is 11.6 Å². The van der Waals surface area contributed by atoms with E-state index in [0.717, 1.165) is 31.0 Å². The molecule has 2 rings (SSSR count). The van der Waals surface area contributed by atoms with Crippen LogP contribution >= 0.6 is 0 Å². The number of aromatic nitrogens is 1. The minimum Gasteiger partial charge on any atom is -0.363 e. The maximum atomic E-state index is 5.81. The van der Waals surface area contributed by atoms with Crippen molar-refractivity contribution in [3.8, 4) is 0 Å². The van der Waals surface area contributed by atoms with Crippen LogP contribution in [0.15, 0.2) is 18.3 Å². The van der Waals surface area contributed by atoms with Gasteiger partial charge in [-0.25, -0.2) is 4.98 Å². The fourth-order valence-electron chi connectivity index (χ4n) is 2.68. The molecule has 0 spiro atoms. The molecule has 6 nitrogen and oxygen atoms in total. The number of piperazine rings is 1. The van der Waals surface area contributed by atoms with Gasteiger partial charge in [0, 0.05) is 46.0 Å². The molecule has 3 N–H and O–H groups in total. The number of nitrogens with zero attached hydrogens (tertiary/aromatic N) is 4. The van der Waals surface area contributed by atoms with E-state index in [9.17, 15) is 0 Å². The first-order valence-electron chi connectivity index (χ1n) is 7.01. The van der Waals surface area contributed by atoms with Gasteiger partial charge in [-0.05, 0) is 25.7 Å². The lowest BCUT2D eigenvalue weighted by molar-refractivity contribution is 0.0876. The van der Waals surface area contributed by atoms with E-state index in [4.69, 9.17) is 5.84 Å². The molecule has 2 unspecified atom stereocenters. The Morgan fingerprint density at radius 2 is 2.10 bits per heavy atom. The molecule has 20 heavy (non-hydrogen) atoms. The average Bonchev–Trinajstić information content (AvgIpc) is 2.44. The topological polar surface area (TPSA) is 60.7 Å². The summed E-state index contributed by atoms with van der Waals surface area (Å²) in [6.07, 6.45) is 1.92. The van der Waals surface area contributed by atoms with Gasteiger partial charge in [-0.1, -0.05) is 6.07 Å². The summed E-state index contributed by atoms with van der Waals surface area (Å²) < 4.78 is 0. The number of anilines is 1. The SMILES string of the molecule is CN1CCN(C)C(C(NN)c2ccc(N(C)C)nc2)C1. The third-order valence-corrected chi connectivity index (χ3v) is 4.05. The molecule has 1 aliphatic rings. The Bertz CT molecular complexity index is 418. The second-order valence-corrected chi connectivity index (χ2v) is 5.80. The average molecular weight is 278 g/mol. The van der Waals surface area contributed by atoms with Gasteiger partial charge in [-0.15, -0.1) is 0 Å². The molecule has 0 radical (unpaired) electrons. The summed E-state index contributed by atoms with van der Waals surface area (Å²) in [6, 6.07) is 4.58. The van der Waals surface area contributed by atoms with E-state index in [1.165, 1.54) is 0 Å². The molecule has 1 aromatic heterocycles. The van der Waals surface area contributed by atoms with Gasteiger partial charge < -0.3 is 9.80 Å². The maximum absolute atomic E-state index is 5.81. The number of hydrogen-bond acceptors (Lipinski definition) is 6. The molecule has 2 atom stereocenters. The monoisotopic (exact) mass is 278 g/mol. The Hall–Kier alpha value is -1.21. The molecule has 0 saturated carbocycles. The highest BCUT2D eigenvalue weighted by Crippen LogP contribution is 2.23. The van der Waals surface area contributed by atoms with Crippen LogP contribution in [-0.4, -0.2) is 68.7 Å². The Kier molecular flexibility index (Phi) is 4.93. The van der Waals surface area contributed by atoms with Gasteiger partial charge in [0.25, 0.3) is 0 Å². The number of likely N-dealkylation sites (N-methyl/N-ethyl adjacent to an activating group) is 2. The summed E-state index contributed by atoms with van der Waals surface area (Å²) in [4.78, 5) is 11.2. The Morgan fingerprint density at radius 1 is 1.35 bits per heavy atom. The van der Waals surface area contributed by atoms with E-state index in [1.807, 2.05) is 31.3 Å². The Labute approximate surface area is 121 Å². The standard InChI is InChI=1S/C14H26N6/c1-18(2)13-6-5-11(9-16-13)14(17-15)12-10-19(3)7-8-20(12)4/h5-6,9,12,14,17H,7-8,10,15H2,1-4H3. The molecule has 1 saturated heterocycles. The van der Waals surface area contributed by atoms with E-state index < -0.39 is 0 Å². The highest BCUT2D eigenvalue weighted by molar-refractivity contribution is 5.38. The minimum absolute atomic E-state index is 0.0893. The number of rotatable bonds is 4. The summed E-state index contributed by atoms with van der Waals surface area (Å²) >= 11 is 0. The highest BCUT2D eigenvalue weighted by atomic mass is 15.3. The molecule has 2 heterocycles. The Balaban J connectivity index is 2.18. The number of hydrazine groups is 1. The number of nitrogens with one attached hydrogen (secondary N) is 1. The van der Waals surface area contributed by atoms with Gasteiger partial charge in [0.2, 0.25) is 0 Å². The second kappa shape index (κ2) is 6.49. The Morgan fingerprint density at radius 3 is 2.65 bits per heavy atom. The fourth-order valence-corrected chi connectivity index (χ4v) is 2.68. The van der Waals surface area contributed by atoms with E-state index in [2.05, 4.69) is 40.4 Å². The summed E-state index contributed by atoms with van der Waals surface area (Å²) in [7, 11) is 8.29. The van der Waals surface area contributed by atoms with Crippen LogP contribution < -0.4 is 16.2 Å². The van der Waals surface area contributed by atoms with Gasteiger partial charge in [-0.3, -0.25) is 16.2 Å². The van der Waals surface area contributed by atoms with Crippen molar-refractivity contribution in [1.29, 1.82) is 0 Å². The summed E-state index contributed by atoms with van der Waals surface area (Å²) in [5.41, 5.74) is 4.10. The van der Waals surface area contributed by atoms with Crippen molar-refractivity contribution in [2.75, 3.05) is 52.7 Å². The first kappa shape index (κ1) is 15.2. The zero-order chi connectivity index (χ0) is 14.7. The summed E-state index contributed by atoms with van der Waals surface area (Å²) in [5, 5.41) is 0. The van der Waals surface area contributed by atoms with Crippen LogP contribution in [0.3, 0.4) is 0 Å². The molecule has 0 aromatic carbocycles. The van der Waals surface area contributed by atoms with Crippen molar-refractivity contribution < 1.29 is 0 Å². The van der Waals surface area contributed by atoms with Crippen molar-refractivity contribution in [2.24, 2.45) is 5.84 Å². The molecule has 112 valence electrons. The third kappa shape index (κ3) is 3.27. The molecule has 6 heteroatoms. The van der Waals surface area contributed by atoms with Crippen LogP contribution in [0.25, 0.3) is 0 Å². The molecule has 0 aliphatic carbocycles. The second-order valence-electron chi connectivity index (χ2n) is 5.80. The summed E-state index contributed by atoms with van der Waals surface area (Å²) in [6.45, 7) is 3.16. The van der Waals surface area contributed by atoms with Crippen LogP contribution in [0.5, 0.6) is 0 Å². The lowest BCUT2D eigenvalue weighted by atomic mass is 9.98. The zero-order valence-corrected chi connectivity index (χ0v) is 12.9. The summed E-state index contributed by atoms with van der Waals surface area (Å²) in [5.74, 6) is 6.76. The lowest BCUT2D eigenvalue weighted by Gasteiger charge is -2.41. The largest absolute Gasteiger partial charge is 0.363 e. The predicted molar refractivity (Wildman–Crippen MR) is 82.5 cm³/mol. The quantitative estimate of drug-likeness (QED) is 0.592. The predicted octanol–water partition coefficient (Wildman–Crippen LogP) is -0.102. The number of nitrogens with two attached hydrogens (primary N) is 1. The van der Waals surface area contributed by atoms with Crippen molar-refractivity contribution in [1.82, 2.24) is 20.2 Å². The van der Waals surface area contributed by atoms with E-state index in [1.54, 1.807) is 0 Å². The molecule has 0 amide bonds. The minimum atomic E-state index is 0.0893. The van der Waals surface area contributed by atoms with Crippen molar-refractivity contribution >= 4 is 5.82 Å². The van der Waals surface area contributed by atoms with Crippen LogP contribution in [0.4, 0.5) is 5.82 Å². The maximum Gasteiger partial charge on any atom is 0.127 e. The van der Waals surface area contributed by atoms with E-state index >= 15 is 0 Å². The number of hydrogen-bond donors (Lipinski definition) is 2. The van der Waals surface area contributed by atoms with Crippen LogP contribution in [0, 0.1) is 0 Å².